The van der Waals surface area contributed by atoms with Crippen LogP contribution in [0.1, 0.15) is 148 Å². The Bertz CT molecular complexity index is 2770. The van der Waals surface area contributed by atoms with Gasteiger partial charge < -0.3 is 105 Å². The summed E-state index contributed by atoms with van der Waals surface area (Å²) in [7, 11) is 1.27. The fraction of sp³-hybridized carbons (Fsp3) is 0.738. The van der Waals surface area contributed by atoms with E-state index >= 15 is 0 Å². The van der Waals surface area contributed by atoms with Crippen LogP contribution in [0.25, 0.3) is 0 Å². The van der Waals surface area contributed by atoms with E-state index in [1.807, 2.05) is 0 Å². The lowest BCUT2D eigenvalue weighted by molar-refractivity contribution is -0.384. The van der Waals surface area contributed by atoms with E-state index in [2.05, 4.69) is 37.2 Å². The summed E-state index contributed by atoms with van der Waals surface area (Å²) in [5.74, 6) is -3.42. The molecular formula is C61H99N9O23. The van der Waals surface area contributed by atoms with Gasteiger partial charge in [-0.15, -0.1) is 0 Å². The number of nitro groups is 1. The lowest BCUT2D eigenvalue weighted by Crippen LogP contribution is -2.71. The van der Waals surface area contributed by atoms with Gasteiger partial charge in [-0.05, 0) is 167 Å². The second-order valence-electron chi connectivity index (χ2n) is 28.3. The van der Waals surface area contributed by atoms with Crippen LogP contribution < -0.4 is 37.2 Å². The smallest absolute Gasteiger partial charge is 0.410 e. The first-order chi connectivity index (χ1) is 42.7. The van der Waals surface area contributed by atoms with Gasteiger partial charge in [0.25, 0.3) is 5.69 Å². The number of carbonyl (C=O) groups is 8. The molecule has 1 saturated carbocycles. The number of aliphatic hydroxyl groups is 4. The molecule has 8 amide bonds. The maximum Gasteiger partial charge on any atom is 0.410 e. The first-order valence-electron chi connectivity index (χ1n) is 30.7. The number of rotatable bonds is 22. The minimum Gasteiger partial charge on any atom is -0.491 e. The third kappa shape index (κ3) is 26.4. The molecule has 1 saturated heterocycles. The first-order valence-corrected chi connectivity index (χ1v) is 30.7. The standard InChI is InChI=1S/C61H99N9O23/c1-56(2,3)89-51(77)62-27-18-19-37(67-53(79)91-58(7,8)9)47(74)65-36-25-24-35(30-64-50(76)85-31-33-20-22-34(23-21-33)70(83)84)87-44(36)41-38(68-54(80)92-59(10,11)12)29-39(66-48(75)40(71)26-28-63-52(78)90-57(4,5)6)45(42(41)72)88-49-43(73)46(61(16,82)32-86-49)69(17)55(81)93-60(13,14)15/h20-24,36-46,49,71-73,82H,18-19,25-32H2,1-17H3,(H,62,77)(H,63,78)(H,64,76)(H,65,74)(H,66,75)(H,67,79)(H,68,80)/t36-,37?,38+,39-,40+,41?,42+,43-,44+,45+,46-,49-,61+/m1/s1. The van der Waals surface area contributed by atoms with E-state index in [9.17, 15) is 68.9 Å². The number of hydrogen-bond donors (Lipinski definition) is 11. The van der Waals surface area contributed by atoms with Crippen molar-refractivity contribution < 1.29 is 106 Å². The van der Waals surface area contributed by atoms with Crippen LogP contribution in [0.3, 0.4) is 0 Å². The summed E-state index contributed by atoms with van der Waals surface area (Å²) < 4.78 is 52.0. The van der Waals surface area contributed by atoms with E-state index in [0.29, 0.717) is 5.56 Å². The quantitative estimate of drug-likeness (QED) is 0.0333. The molecule has 0 radical (unpaired) electrons. The zero-order valence-corrected chi connectivity index (χ0v) is 56.3. The largest absolute Gasteiger partial charge is 0.491 e. The number of aliphatic hydroxyl groups excluding tert-OH is 3. The molecule has 1 aromatic carbocycles. The number of non-ortho nitro benzene ring substituents is 1. The van der Waals surface area contributed by atoms with E-state index < -0.39 is 179 Å². The maximum atomic E-state index is 14.9. The van der Waals surface area contributed by atoms with Gasteiger partial charge in [0, 0.05) is 44.2 Å². The highest BCUT2D eigenvalue weighted by atomic mass is 16.7. The van der Waals surface area contributed by atoms with Crippen molar-refractivity contribution in [3.63, 3.8) is 0 Å². The van der Waals surface area contributed by atoms with Crippen molar-refractivity contribution in [2.24, 2.45) is 5.92 Å². The van der Waals surface area contributed by atoms with Crippen LogP contribution >= 0.6 is 0 Å². The molecule has 2 aliphatic heterocycles. The Morgan fingerprint density at radius 3 is 1.78 bits per heavy atom. The van der Waals surface area contributed by atoms with Crippen LogP contribution in [0.5, 0.6) is 0 Å². The van der Waals surface area contributed by atoms with Crippen molar-refractivity contribution in [3.05, 3.63) is 51.8 Å². The summed E-state index contributed by atoms with van der Waals surface area (Å²) in [6.07, 6.45) is -16.1. The molecule has 2 fully saturated rings. The van der Waals surface area contributed by atoms with Crippen LogP contribution in [-0.4, -0.2) is 213 Å². The third-order valence-electron chi connectivity index (χ3n) is 13.9. The second kappa shape index (κ2) is 32.6. The highest BCUT2D eigenvalue weighted by Crippen LogP contribution is 2.39. The van der Waals surface area contributed by atoms with Crippen LogP contribution in [0.2, 0.25) is 0 Å². The monoisotopic (exact) mass is 1330 g/mol. The number of ether oxygens (including phenoxy) is 9. The number of benzene rings is 1. The fourth-order valence-corrected chi connectivity index (χ4v) is 10.2. The zero-order valence-electron chi connectivity index (χ0n) is 56.3. The Morgan fingerprint density at radius 2 is 1.23 bits per heavy atom. The Balaban J connectivity index is 1.87. The molecule has 526 valence electrons. The minimum absolute atomic E-state index is 0.00921. The van der Waals surface area contributed by atoms with Crippen LogP contribution in [0, 0.1) is 16.0 Å². The summed E-state index contributed by atoms with van der Waals surface area (Å²) >= 11 is 0. The molecule has 1 aromatic rings. The lowest BCUT2D eigenvalue weighted by Gasteiger charge is -2.52. The van der Waals surface area contributed by atoms with Gasteiger partial charge in [-0.25, -0.2) is 28.8 Å². The molecule has 13 atom stereocenters. The summed E-state index contributed by atoms with van der Waals surface area (Å²) in [5, 5.41) is 78.3. The highest BCUT2D eigenvalue weighted by molar-refractivity contribution is 5.86. The molecule has 2 unspecified atom stereocenters. The molecule has 32 heteroatoms. The van der Waals surface area contributed by atoms with Gasteiger partial charge in [0.1, 0.15) is 76.4 Å². The van der Waals surface area contributed by atoms with Crippen LogP contribution in [0.15, 0.2) is 36.1 Å². The number of carbonyl (C=O) groups excluding carboxylic acids is 8. The second-order valence-corrected chi connectivity index (χ2v) is 28.3. The van der Waals surface area contributed by atoms with Crippen molar-refractivity contribution in [2.45, 2.75) is 250 Å². The molecule has 93 heavy (non-hydrogen) atoms. The maximum absolute atomic E-state index is 14.9. The van der Waals surface area contributed by atoms with Gasteiger partial charge in [-0.1, -0.05) is 0 Å². The topological polar surface area (TPSA) is 431 Å². The summed E-state index contributed by atoms with van der Waals surface area (Å²) in [4.78, 5) is 120. The Hall–Kier alpha value is -7.52. The first kappa shape index (κ1) is 77.9. The predicted molar refractivity (Wildman–Crippen MR) is 331 cm³/mol. The van der Waals surface area contributed by atoms with E-state index in [-0.39, 0.29) is 56.8 Å². The number of nitro benzene ring substituents is 1. The highest BCUT2D eigenvalue weighted by Gasteiger charge is 2.57. The Kier molecular flexibility index (Phi) is 27.3. The van der Waals surface area contributed by atoms with Gasteiger partial charge in [0.05, 0.1) is 42.3 Å². The SMILES string of the molecule is CN(C(=O)OC(C)(C)C)[C@@H]1[C@@H](O)[C@@H](O[C@H]2[C@H](NC(=O)[C@@H](O)CCNC(=O)OC(C)(C)C)C[C@H](NC(=O)OC(C)(C)C)C([C@H]3OC(CNC(=O)OCc4ccc([N+](=O)[O-])cc4)=CC[C@H]3NC(=O)C(CCCNC(=O)OC(C)(C)C)NC(=O)OC(C)(C)C)[C@@H]2O)OC[C@]1(C)O. The number of nitrogens with zero attached hydrogens (tertiary/aromatic N) is 2. The zero-order chi connectivity index (χ0) is 70.4. The Morgan fingerprint density at radius 1 is 0.688 bits per heavy atom. The summed E-state index contributed by atoms with van der Waals surface area (Å²) in [6.45, 7) is 24.0. The molecule has 0 spiro atoms. The van der Waals surface area contributed by atoms with Gasteiger partial charge in [0.15, 0.2) is 6.29 Å². The molecule has 0 bridgehead atoms. The summed E-state index contributed by atoms with van der Waals surface area (Å²) in [6, 6.07) is -1.80. The number of nitrogens with one attached hydrogen (secondary N) is 7. The lowest BCUT2D eigenvalue weighted by atomic mass is 9.72. The van der Waals surface area contributed by atoms with E-state index in [1.165, 1.54) is 44.3 Å². The third-order valence-corrected chi connectivity index (χ3v) is 13.9. The average molecular weight is 1330 g/mol. The van der Waals surface area contributed by atoms with Gasteiger partial charge in [-0.3, -0.25) is 19.7 Å². The fourth-order valence-electron chi connectivity index (χ4n) is 10.2. The number of alkyl carbamates (subject to hydrolysis) is 5. The summed E-state index contributed by atoms with van der Waals surface area (Å²) in [5.41, 5.74) is -6.65. The molecule has 3 aliphatic rings. The number of hydrogen-bond acceptors (Lipinski definition) is 23. The van der Waals surface area contributed by atoms with Crippen molar-refractivity contribution in [1.82, 2.24) is 42.1 Å². The number of amides is 8. The normalized spacial score (nSPS) is 24.9. The van der Waals surface area contributed by atoms with Crippen LogP contribution in [-0.2, 0) is 58.8 Å². The average Bonchev–Trinajstić information content (AvgIpc) is 0.762. The molecule has 0 aromatic heterocycles. The van der Waals surface area contributed by atoms with E-state index in [0.717, 1.165) is 4.90 Å². The van der Waals surface area contributed by atoms with Crippen molar-refractivity contribution in [2.75, 3.05) is 33.3 Å². The number of likely N-dealkylation sites (N-methyl/N-ethyl adjacent to an activating group) is 1. The molecule has 11 N–H and O–H groups in total. The predicted octanol–water partition coefficient (Wildman–Crippen LogP) is 4.30. The van der Waals surface area contributed by atoms with E-state index in [4.69, 9.17) is 42.6 Å². The Labute approximate surface area is 542 Å². The van der Waals surface area contributed by atoms with Crippen molar-refractivity contribution >= 4 is 54.1 Å². The van der Waals surface area contributed by atoms with Crippen molar-refractivity contribution in [1.29, 1.82) is 0 Å². The van der Waals surface area contributed by atoms with Gasteiger partial charge >= 0.3 is 36.6 Å². The molecule has 2 heterocycles. The molecule has 1 aliphatic carbocycles. The van der Waals surface area contributed by atoms with Crippen molar-refractivity contribution in [3.8, 4) is 0 Å². The van der Waals surface area contributed by atoms with E-state index in [1.54, 1.807) is 104 Å². The van der Waals surface area contributed by atoms with Crippen LogP contribution in [0.4, 0.5) is 34.5 Å². The molecule has 32 nitrogen and oxygen atoms in total. The minimum atomic E-state index is -2.03. The molecule has 4 rings (SSSR count). The molecular weight excluding hydrogens is 1230 g/mol. The van der Waals surface area contributed by atoms with Gasteiger partial charge in [-0.2, -0.15) is 0 Å². The van der Waals surface area contributed by atoms with Gasteiger partial charge in [0.2, 0.25) is 11.8 Å².